The van der Waals surface area contributed by atoms with Gasteiger partial charge < -0.3 is 14.2 Å². The molecule has 7 nitrogen and oxygen atoms in total. The van der Waals surface area contributed by atoms with Crippen LogP contribution in [0.15, 0.2) is 12.7 Å². The number of rotatable bonds is 5. The van der Waals surface area contributed by atoms with Gasteiger partial charge in [0, 0.05) is 27.2 Å². The van der Waals surface area contributed by atoms with Gasteiger partial charge in [0.05, 0.1) is 12.0 Å². The van der Waals surface area contributed by atoms with E-state index in [9.17, 15) is 0 Å². The zero-order chi connectivity index (χ0) is 14.7. The first-order chi connectivity index (χ1) is 10.3. The van der Waals surface area contributed by atoms with E-state index in [2.05, 4.69) is 15.0 Å². The Bertz CT molecular complexity index is 591. The normalized spacial score (nSPS) is 19.5. The van der Waals surface area contributed by atoms with Crippen molar-refractivity contribution in [3.8, 4) is 0 Å². The van der Waals surface area contributed by atoms with Crippen molar-refractivity contribution in [3.05, 3.63) is 18.3 Å². The Labute approximate surface area is 123 Å². The topological polar surface area (TPSA) is 71.3 Å². The lowest BCUT2D eigenvalue weighted by atomic mass is 10.2. The third kappa shape index (κ3) is 2.90. The maximum Gasteiger partial charge on any atom is 0.165 e. The van der Waals surface area contributed by atoms with Crippen molar-refractivity contribution in [2.24, 2.45) is 0 Å². The van der Waals surface area contributed by atoms with Gasteiger partial charge in [-0.3, -0.25) is 4.57 Å². The van der Waals surface area contributed by atoms with E-state index in [0.29, 0.717) is 6.42 Å². The summed E-state index contributed by atoms with van der Waals surface area (Å²) in [6, 6.07) is 0. The van der Waals surface area contributed by atoms with E-state index < -0.39 is 0 Å². The molecule has 0 amide bonds. The first-order valence-corrected chi connectivity index (χ1v) is 7.17. The van der Waals surface area contributed by atoms with Gasteiger partial charge in [-0.2, -0.15) is 0 Å². The highest BCUT2D eigenvalue weighted by molar-refractivity contribution is 5.73. The van der Waals surface area contributed by atoms with E-state index >= 15 is 0 Å². The van der Waals surface area contributed by atoms with E-state index in [1.807, 2.05) is 4.57 Å². The molecule has 0 spiro atoms. The summed E-state index contributed by atoms with van der Waals surface area (Å²) in [5.41, 5.74) is 2.41. The molecule has 114 valence electrons. The summed E-state index contributed by atoms with van der Waals surface area (Å²) in [4.78, 5) is 13.1. The molecule has 3 rings (SSSR count). The second-order valence-corrected chi connectivity index (χ2v) is 5.07. The van der Waals surface area contributed by atoms with E-state index in [-0.39, 0.29) is 12.5 Å². The molecule has 0 radical (unpaired) electrons. The van der Waals surface area contributed by atoms with Gasteiger partial charge in [0.2, 0.25) is 0 Å². The summed E-state index contributed by atoms with van der Waals surface area (Å²) in [5.74, 6) is 0. The zero-order valence-electron chi connectivity index (χ0n) is 12.4. The van der Waals surface area contributed by atoms with E-state index in [0.717, 1.165) is 42.7 Å². The second kappa shape index (κ2) is 6.46. The number of fused-ring (bicyclic) bond motifs is 1. The molecule has 2 aromatic heterocycles. The van der Waals surface area contributed by atoms with Gasteiger partial charge in [-0.15, -0.1) is 0 Å². The van der Waals surface area contributed by atoms with Crippen molar-refractivity contribution in [3.63, 3.8) is 0 Å². The molecule has 1 unspecified atom stereocenters. The average molecular weight is 292 g/mol. The fraction of sp³-hybridized carbons (Fsp3) is 0.643. The van der Waals surface area contributed by atoms with Gasteiger partial charge in [0.15, 0.2) is 11.9 Å². The third-order valence-corrected chi connectivity index (χ3v) is 3.79. The van der Waals surface area contributed by atoms with Crippen molar-refractivity contribution in [2.75, 3.05) is 20.8 Å². The zero-order valence-corrected chi connectivity index (χ0v) is 12.4. The molecule has 1 aliphatic rings. The molecule has 0 aromatic carbocycles. The van der Waals surface area contributed by atoms with Gasteiger partial charge in [0.25, 0.3) is 0 Å². The minimum atomic E-state index is -0.334. The number of aromatic nitrogens is 4. The van der Waals surface area contributed by atoms with Crippen LogP contribution in [0.4, 0.5) is 0 Å². The fourth-order valence-corrected chi connectivity index (χ4v) is 2.62. The lowest BCUT2D eigenvalue weighted by molar-refractivity contribution is -0.101. The van der Waals surface area contributed by atoms with Crippen LogP contribution in [0.2, 0.25) is 0 Å². The Morgan fingerprint density at radius 3 is 2.86 bits per heavy atom. The number of ether oxygens (including phenoxy) is 3. The van der Waals surface area contributed by atoms with Gasteiger partial charge >= 0.3 is 0 Å². The molecular formula is C14H20N4O3. The molecular weight excluding hydrogens is 272 g/mol. The lowest BCUT2D eigenvalue weighted by Crippen LogP contribution is -2.18. The quantitative estimate of drug-likeness (QED) is 0.781. The summed E-state index contributed by atoms with van der Waals surface area (Å²) in [6.45, 7) is 0.789. The lowest BCUT2D eigenvalue weighted by Gasteiger charge is -2.23. The van der Waals surface area contributed by atoms with Crippen LogP contribution in [0, 0.1) is 0 Å². The molecule has 3 heterocycles. The molecule has 2 aromatic rings. The van der Waals surface area contributed by atoms with Gasteiger partial charge in [-0.1, -0.05) is 0 Å². The molecule has 1 atom stereocenters. The predicted molar refractivity (Wildman–Crippen MR) is 75.7 cm³/mol. The van der Waals surface area contributed by atoms with Gasteiger partial charge in [-0.05, 0) is 19.3 Å². The highest BCUT2D eigenvalue weighted by atomic mass is 16.7. The molecule has 0 saturated carbocycles. The monoisotopic (exact) mass is 292 g/mol. The molecule has 21 heavy (non-hydrogen) atoms. The largest absolute Gasteiger partial charge is 0.358 e. The molecule has 0 bridgehead atoms. The maximum absolute atomic E-state index is 5.81. The number of hydrogen-bond acceptors (Lipinski definition) is 6. The van der Waals surface area contributed by atoms with Crippen molar-refractivity contribution in [2.45, 2.75) is 38.2 Å². The van der Waals surface area contributed by atoms with E-state index in [1.54, 1.807) is 26.9 Å². The van der Waals surface area contributed by atoms with Crippen molar-refractivity contribution in [1.29, 1.82) is 0 Å². The standard InChI is InChI=1S/C14H20N4O3/c1-19-12(20-2)7-10-13-14(16-8-15-10)18(9-17-13)11-5-3-4-6-21-11/h8-9,11-12H,3-7H2,1-2H3. The second-order valence-electron chi connectivity index (χ2n) is 5.07. The summed E-state index contributed by atoms with van der Waals surface area (Å²) in [5, 5.41) is 0. The Hall–Kier alpha value is -1.57. The van der Waals surface area contributed by atoms with E-state index in [1.165, 1.54) is 0 Å². The molecule has 1 aliphatic heterocycles. The minimum Gasteiger partial charge on any atom is -0.358 e. The SMILES string of the molecule is COC(Cc1ncnc2c1ncn2C1CCCCO1)OC. The van der Waals surface area contributed by atoms with Crippen molar-refractivity contribution in [1.82, 2.24) is 19.5 Å². The molecule has 0 aliphatic carbocycles. The van der Waals surface area contributed by atoms with E-state index in [4.69, 9.17) is 14.2 Å². The molecule has 1 fully saturated rings. The Morgan fingerprint density at radius 1 is 1.29 bits per heavy atom. The first kappa shape index (κ1) is 14.4. The third-order valence-electron chi connectivity index (χ3n) is 3.79. The summed E-state index contributed by atoms with van der Waals surface area (Å²) < 4.78 is 18.3. The van der Waals surface area contributed by atoms with Crippen LogP contribution in [-0.4, -0.2) is 46.6 Å². The van der Waals surface area contributed by atoms with Crippen LogP contribution in [0.3, 0.4) is 0 Å². The van der Waals surface area contributed by atoms with Crippen LogP contribution < -0.4 is 0 Å². The Balaban J connectivity index is 1.91. The van der Waals surface area contributed by atoms with Crippen molar-refractivity contribution >= 4 is 11.2 Å². The summed E-state index contributed by atoms with van der Waals surface area (Å²) in [6.07, 6.45) is 6.84. The molecule has 1 saturated heterocycles. The first-order valence-electron chi connectivity index (χ1n) is 7.17. The smallest absolute Gasteiger partial charge is 0.165 e. The number of methoxy groups -OCH3 is 2. The predicted octanol–water partition coefficient (Wildman–Crippen LogP) is 1.69. The van der Waals surface area contributed by atoms with Crippen LogP contribution in [0.25, 0.3) is 11.2 Å². The number of nitrogens with zero attached hydrogens (tertiary/aromatic N) is 4. The maximum atomic E-state index is 5.81. The van der Waals surface area contributed by atoms with Gasteiger partial charge in [0.1, 0.15) is 18.1 Å². The average Bonchev–Trinajstić information content (AvgIpc) is 2.98. The summed E-state index contributed by atoms with van der Waals surface area (Å²) >= 11 is 0. The molecule has 7 heteroatoms. The van der Waals surface area contributed by atoms with Gasteiger partial charge in [-0.25, -0.2) is 15.0 Å². The van der Waals surface area contributed by atoms with Crippen LogP contribution >= 0.6 is 0 Å². The van der Waals surface area contributed by atoms with Crippen molar-refractivity contribution < 1.29 is 14.2 Å². The Kier molecular flexibility index (Phi) is 4.42. The van der Waals surface area contributed by atoms with Crippen LogP contribution in [0.5, 0.6) is 0 Å². The highest BCUT2D eigenvalue weighted by Crippen LogP contribution is 2.26. The number of imidazole rings is 1. The molecule has 0 N–H and O–H groups in total. The summed E-state index contributed by atoms with van der Waals surface area (Å²) in [7, 11) is 3.22. The van der Waals surface area contributed by atoms with Crippen LogP contribution in [-0.2, 0) is 20.6 Å². The fourth-order valence-electron chi connectivity index (χ4n) is 2.62. The highest BCUT2D eigenvalue weighted by Gasteiger charge is 2.21. The minimum absolute atomic E-state index is 0.0205. The van der Waals surface area contributed by atoms with Crippen LogP contribution in [0.1, 0.15) is 31.2 Å². The number of hydrogen-bond donors (Lipinski definition) is 0. The Morgan fingerprint density at radius 2 is 2.14 bits per heavy atom.